The Morgan fingerprint density at radius 1 is 1.23 bits per heavy atom. The van der Waals surface area contributed by atoms with Crippen LogP contribution in [0.1, 0.15) is 40.0 Å². The summed E-state index contributed by atoms with van der Waals surface area (Å²) in [6.45, 7) is 7.70. The number of nitrogens with two attached hydrogens (primary N) is 2. The van der Waals surface area contributed by atoms with Gasteiger partial charge in [-0.3, -0.25) is 0 Å². The molecular formula is C11H24N2. The highest BCUT2D eigenvalue weighted by Crippen LogP contribution is 2.38. The van der Waals surface area contributed by atoms with Crippen molar-refractivity contribution in [1.82, 2.24) is 0 Å². The van der Waals surface area contributed by atoms with Gasteiger partial charge in [0.25, 0.3) is 0 Å². The predicted octanol–water partition coefficient (Wildman–Crippen LogP) is 1.73. The molecule has 1 aliphatic carbocycles. The lowest BCUT2D eigenvalue weighted by Gasteiger charge is -2.40. The lowest BCUT2D eigenvalue weighted by molar-refractivity contribution is 0.135. The van der Waals surface area contributed by atoms with Crippen LogP contribution < -0.4 is 11.5 Å². The Kier molecular flexibility index (Phi) is 3.36. The summed E-state index contributed by atoms with van der Waals surface area (Å²) in [6, 6.07) is 0.336. The van der Waals surface area contributed by atoms with Gasteiger partial charge in [0.1, 0.15) is 0 Å². The molecule has 0 aromatic heterocycles. The van der Waals surface area contributed by atoms with Gasteiger partial charge in [-0.05, 0) is 43.1 Å². The zero-order chi connectivity index (χ0) is 10.1. The van der Waals surface area contributed by atoms with Crippen molar-refractivity contribution in [3.05, 3.63) is 0 Å². The molecule has 0 amide bonds. The standard InChI is InChI=1S/C11H24N2/c1-11(2,3)9-5-4-8(7-12)10(13)6-9/h8-10H,4-7,12-13H2,1-3H3. The van der Waals surface area contributed by atoms with E-state index in [4.69, 9.17) is 11.5 Å². The third kappa shape index (κ3) is 2.68. The summed E-state index contributed by atoms with van der Waals surface area (Å²) in [5, 5.41) is 0. The van der Waals surface area contributed by atoms with Gasteiger partial charge in [-0.1, -0.05) is 20.8 Å². The van der Waals surface area contributed by atoms with Crippen LogP contribution in [0.25, 0.3) is 0 Å². The van der Waals surface area contributed by atoms with Gasteiger partial charge in [0, 0.05) is 6.04 Å². The summed E-state index contributed by atoms with van der Waals surface area (Å²) in [5.74, 6) is 1.35. The van der Waals surface area contributed by atoms with Crippen molar-refractivity contribution in [2.75, 3.05) is 6.54 Å². The largest absolute Gasteiger partial charge is 0.330 e. The molecule has 1 saturated carbocycles. The molecule has 3 unspecified atom stereocenters. The first-order valence-electron chi connectivity index (χ1n) is 5.40. The molecule has 0 aliphatic heterocycles. The van der Waals surface area contributed by atoms with Gasteiger partial charge < -0.3 is 11.5 Å². The van der Waals surface area contributed by atoms with Gasteiger partial charge in [0.2, 0.25) is 0 Å². The minimum Gasteiger partial charge on any atom is -0.330 e. The molecule has 0 heterocycles. The molecule has 1 aliphatic rings. The van der Waals surface area contributed by atoms with Crippen LogP contribution in [-0.4, -0.2) is 12.6 Å². The molecule has 0 radical (unpaired) electrons. The van der Waals surface area contributed by atoms with E-state index in [-0.39, 0.29) is 0 Å². The molecular weight excluding hydrogens is 160 g/mol. The first-order chi connectivity index (χ1) is 5.95. The molecule has 0 bridgehead atoms. The van der Waals surface area contributed by atoms with Crippen LogP contribution in [0.3, 0.4) is 0 Å². The molecule has 0 saturated heterocycles. The molecule has 0 aromatic carbocycles. The molecule has 1 fully saturated rings. The predicted molar refractivity (Wildman–Crippen MR) is 57.3 cm³/mol. The minimum absolute atomic E-state index is 0.336. The Bertz CT molecular complexity index is 160. The van der Waals surface area contributed by atoms with Crippen LogP contribution in [0.15, 0.2) is 0 Å². The topological polar surface area (TPSA) is 52.0 Å². The summed E-state index contributed by atoms with van der Waals surface area (Å²) < 4.78 is 0. The molecule has 13 heavy (non-hydrogen) atoms. The Balaban J connectivity index is 2.51. The Morgan fingerprint density at radius 3 is 2.23 bits per heavy atom. The lowest BCUT2D eigenvalue weighted by Crippen LogP contribution is -2.43. The Labute approximate surface area is 82.1 Å². The second-order valence-electron chi connectivity index (χ2n) is 5.54. The van der Waals surface area contributed by atoms with Gasteiger partial charge in [-0.2, -0.15) is 0 Å². The van der Waals surface area contributed by atoms with E-state index in [2.05, 4.69) is 20.8 Å². The van der Waals surface area contributed by atoms with Crippen LogP contribution in [0, 0.1) is 17.3 Å². The molecule has 1 rings (SSSR count). The van der Waals surface area contributed by atoms with Crippen molar-refractivity contribution in [3.63, 3.8) is 0 Å². The normalized spacial score (nSPS) is 36.2. The fourth-order valence-corrected chi connectivity index (χ4v) is 2.35. The fourth-order valence-electron chi connectivity index (χ4n) is 2.35. The third-order valence-electron chi connectivity index (χ3n) is 3.58. The van der Waals surface area contributed by atoms with E-state index in [1.807, 2.05) is 0 Å². The zero-order valence-corrected chi connectivity index (χ0v) is 9.22. The Morgan fingerprint density at radius 2 is 1.85 bits per heavy atom. The van der Waals surface area contributed by atoms with E-state index in [9.17, 15) is 0 Å². The summed E-state index contributed by atoms with van der Waals surface area (Å²) in [7, 11) is 0. The third-order valence-corrected chi connectivity index (χ3v) is 3.58. The smallest absolute Gasteiger partial charge is 0.00820 e. The van der Waals surface area contributed by atoms with Crippen molar-refractivity contribution in [2.24, 2.45) is 28.7 Å². The first kappa shape index (κ1) is 11.0. The lowest BCUT2D eigenvalue weighted by atomic mass is 9.68. The number of hydrogen-bond acceptors (Lipinski definition) is 2. The van der Waals surface area contributed by atoms with E-state index in [0.29, 0.717) is 17.4 Å². The highest BCUT2D eigenvalue weighted by molar-refractivity contribution is 4.87. The molecule has 0 spiro atoms. The van der Waals surface area contributed by atoms with Gasteiger partial charge in [-0.15, -0.1) is 0 Å². The number of hydrogen-bond donors (Lipinski definition) is 2. The minimum atomic E-state index is 0.336. The second kappa shape index (κ2) is 3.97. The van der Waals surface area contributed by atoms with Crippen molar-refractivity contribution in [3.8, 4) is 0 Å². The van der Waals surface area contributed by atoms with Crippen molar-refractivity contribution in [1.29, 1.82) is 0 Å². The van der Waals surface area contributed by atoms with Crippen LogP contribution in [0.5, 0.6) is 0 Å². The zero-order valence-electron chi connectivity index (χ0n) is 9.22. The van der Waals surface area contributed by atoms with Gasteiger partial charge in [0.15, 0.2) is 0 Å². The van der Waals surface area contributed by atoms with Crippen LogP contribution in [0.4, 0.5) is 0 Å². The van der Waals surface area contributed by atoms with Gasteiger partial charge in [-0.25, -0.2) is 0 Å². The van der Waals surface area contributed by atoms with Crippen LogP contribution in [-0.2, 0) is 0 Å². The number of rotatable bonds is 1. The maximum atomic E-state index is 6.10. The molecule has 0 aromatic rings. The fraction of sp³-hybridized carbons (Fsp3) is 1.00. The summed E-state index contributed by atoms with van der Waals surface area (Å²) >= 11 is 0. The molecule has 3 atom stereocenters. The second-order valence-corrected chi connectivity index (χ2v) is 5.54. The van der Waals surface area contributed by atoms with E-state index >= 15 is 0 Å². The molecule has 2 nitrogen and oxygen atoms in total. The Hall–Kier alpha value is -0.0800. The quantitative estimate of drug-likeness (QED) is 0.652. The first-order valence-corrected chi connectivity index (χ1v) is 5.40. The molecule has 78 valence electrons. The molecule has 4 N–H and O–H groups in total. The monoisotopic (exact) mass is 184 g/mol. The van der Waals surface area contributed by atoms with Crippen LogP contribution in [0.2, 0.25) is 0 Å². The van der Waals surface area contributed by atoms with Crippen LogP contribution >= 0.6 is 0 Å². The van der Waals surface area contributed by atoms with Crippen molar-refractivity contribution >= 4 is 0 Å². The average Bonchev–Trinajstić information content (AvgIpc) is 2.02. The van der Waals surface area contributed by atoms with E-state index in [1.165, 1.54) is 12.8 Å². The van der Waals surface area contributed by atoms with Crippen molar-refractivity contribution < 1.29 is 0 Å². The highest BCUT2D eigenvalue weighted by atomic mass is 14.7. The highest BCUT2D eigenvalue weighted by Gasteiger charge is 2.33. The van der Waals surface area contributed by atoms with E-state index in [0.717, 1.165) is 18.9 Å². The SMILES string of the molecule is CC(C)(C)C1CCC(CN)C(N)C1. The van der Waals surface area contributed by atoms with Crippen molar-refractivity contribution in [2.45, 2.75) is 46.1 Å². The molecule has 2 heteroatoms. The summed E-state index contributed by atoms with van der Waals surface area (Å²) in [6.07, 6.45) is 3.68. The maximum Gasteiger partial charge on any atom is 0.00820 e. The van der Waals surface area contributed by atoms with E-state index in [1.54, 1.807) is 0 Å². The summed E-state index contributed by atoms with van der Waals surface area (Å²) in [4.78, 5) is 0. The average molecular weight is 184 g/mol. The summed E-state index contributed by atoms with van der Waals surface area (Å²) in [5.41, 5.74) is 12.2. The van der Waals surface area contributed by atoms with E-state index < -0.39 is 0 Å². The van der Waals surface area contributed by atoms with Gasteiger partial charge in [0.05, 0.1) is 0 Å². The van der Waals surface area contributed by atoms with Gasteiger partial charge >= 0.3 is 0 Å². The maximum absolute atomic E-state index is 6.10.